The molecule has 1 aromatic heterocycles. The van der Waals surface area contributed by atoms with Crippen LogP contribution >= 0.6 is 19.7 Å². The van der Waals surface area contributed by atoms with Crippen LogP contribution in [0.15, 0.2) is 97.1 Å². The molecule has 0 radical (unpaired) electrons. The summed E-state index contributed by atoms with van der Waals surface area (Å²) in [4.78, 5) is 9.18. The van der Waals surface area contributed by atoms with Crippen molar-refractivity contribution in [2.45, 2.75) is 40.4 Å². The van der Waals surface area contributed by atoms with Crippen LogP contribution in [0.2, 0.25) is 5.02 Å². The topological polar surface area (TPSA) is 83.8 Å². The Morgan fingerprint density at radius 3 is 2.32 bits per heavy atom. The van der Waals surface area contributed by atoms with Gasteiger partial charge in [-0.15, -0.1) is 0 Å². The predicted molar refractivity (Wildman–Crippen MR) is 182 cm³/mol. The summed E-state index contributed by atoms with van der Waals surface area (Å²) >= 11 is 6.40. The minimum atomic E-state index is -3.67. The maximum Gasteiger partial charge on any atom is 0.293 e. The molecule has 234 valence electrons. The molecule has 0 saturated heterocycles. The van der Waals surface area contributed by atoms with Crippen LogP contribution in [-0.2, 0) is 42.0 Å². The second-order valence-electron chi connectivity index (χ2n) is 9.59. The van der Waals surface area contributed by atoms with E-state index in [0.29, 0.717) is 48.9 Å². The quantitative estimate of drug-likeness (QED) is 0.0812. The molecule has 44 heavy (non-hydrogen) atoms. The van der Waals surface area contributed by atoms with Crippen molar-refractivity contribution in [2.75, 3.05) is 19.5 Å². The van der Waals surface area contributed by atoms with Crippen LogP contribution in [0.3, 0.4) is 0 Å². The largest absolute Gasteiger partial charge is 0.468 e. The molecule has 0 N–H and O–H groups in total. The van der Waals surface area contributed by atoms with Crippen LogP contribution in [0.5, 0.6) is 0 Å². The van der Waals surface area contributed by atoms with E-state index in [1.54, 1.807) is 32.2 Å². The molecule has 4 rings (SSSR count). The van der Waals surface area contributed by atoms with Crippen molar-refractivity contribution < 1.29 is 27.2 Å². The fraction of sp³-hybridized carbons (Fsp3) is 0.265. The Balaban J connectivity index is 0.000000978. The average Bonchev–Trinajstić information content (AvgIpc) is 3.30. The van der Waals surface area contributed by atoms with Gasteiger partial charge in [0.05, 0.1) is 39.2 Å². The molecule has 0 bridgehead atoms. The van der Waals surface area contributed by atoms with E-state index in [0.717, 1.165) is 27.1 Å². The Bertz CT molecular complexity index is 1670. The molecule has 7 nitrogen and oxygen atoms in total. The van der Waals surface area contributed by atoms with Gasteiger partial charge in [-0.3, -0.25) is 4.79 Å². The van der Waals surface area contributed by atoms with Crippen molar-refractivity contribution in [3.8, 4) is 0 Å². The van der Waals surface area contributed by atoms with Gasteiger partial charge >= 0.3 is 0 Å². The molecule has 0 aliphatic rings. The zero-order valence-corrected chi connectivity index (χ0v) is 27.9. The Kier molecular flexibility index (Phi) is 14.3. The van der Waals surface area contributed by atoms with Crippen molar-refractivity contribution in [1.29, 1.82) is 0 Å². The van der Waals surface area contributed by atoms with E-state index in [1.807, 2.05) is 86.7 Å². The number of ether oxygens (including phenoxy) is 2. The van der Waals surface area contributed by atoms with E-state index < -0.39 is 18.2 Å². The second kappa shape index (κ2) is 17.9. The van der Waals surface area contributed by atoms with Crippen molar-refractivity contribution in [3.63, 3.8) is 0 Å². The Hall–Kier alpha value is -3.26. The summed E-state index contributed by atoms with van der Waals surface area (Å²) in [5.41, 5.74) is 3.37. The number of halogens is 1. The average molecular weight is 656 g/mol. The lowest BCUT2D eigenvalue weighted by Crippen LogP contribution is -2.20. The summed E-state index contributed by atoms with van der Waals surface area (Å²) < 4.78 is 44.7. The Labute approximate surface area is 267 Å². The highest BCUT2D eigenvalue weighted by Crippen LogP contribution is 2.40. The molecule has 0 fully saturated rings. The van der Waals surface area contributed by atoms with Gasteiger partial charge in [0, 0.05) is 33.8 Å². The van der Waals surface area contributed by atoms with Crippen LogP contribution in [0.4, 0.5) is 0 Å². The summed E-state index contributed by atoms with van der Waals surface area (Å²) in [7, 11) is -3.34. The number of carbonyl (C=O) groups excluding carboxylic acids is 1. The van der Waals surface area contributed by atoms with Crippen molar-refractivity contribution >= 4 is 57.8 Å². The lowest BCUT2D eigenvalue weighted by Gasteiger charge is -2.18. The van der Waals surface area contributed by atoms with Crippen LogP contribution in [0.1, 0.15) is 37.1 Å². The number of rotatable bonds is 14. The third-order valence-corrected chi connectivity index (χ3v) is 10.4. The van der Waals surface area contributed by atoms with Crippen LogP contribution in [0, 0.1) is 6.92 Å². The number of hydrogen-bond acceptors (Lipinski definition) is 6. The molecule has 0 spiro atoms. The van der Waals surface area contributed by atoms with E-state index in [2.05, 4.69) is 10.8 Å². The number of aromatic nitrogens is 1. The zero-order valence-electron chi connectivity index (χ0n) is 25.5. The molecule has 0 saturated carbocycles. The first-order valence-corrected chi connectivity index (χ1v) is 17.4. The molecule has 4 aromatic rings. The number of hydrogen-bond donors (Lipinski definition) is 0. The standard InChI is InChI=1S/C31H33ClNO4PS.C3H6O2/c1-4-5-6-7-11-19-39(34,35)33-24(2)31(29-21-27(32)17-18-30(29)33)38(36-3)28-16-12-15-26(20-28)23-37-22-25-13-9-8-10-14-25;1-2-5-3-4/h4-5,7-18,20-21H,6,19,22-23H2,1-3H3;3H,2H2,1H3/b5-4-,11-7-;. The molecule has 10 heteroatoms. The Morgan fingerprint density at radius 2 is 1.66 bits per heavy atom. The lowest BCUT2D eigenvalue weighted by atomic mass is 10.2. The highest BCUT2D eigenvalue weighted by molar-refractivity contribution is 7.90. The Morgan fingerprint density at radius 1 is 0.932 bits per heavy atom. The third-order valence-electron chi connectivity index (χ3n) is 6.49. The number of nitrogens with zero attached hydrogens (tertiary/aromatic N) is 1. The van der Waals surface area contributed by atoms with Gasteiger partial charge in [-0.25, -0.2) is 12.4 Å². The summed E-state index contributed by atoms with van der Waals surface area (Å²) in [5, 5.41) is 3.13. The van der Waals surface area contributed by atoms with Gasteiger partial charge in [-0.05, 0) is 62.6 Å². The van der Waals surface area contributed by atoms with E-state index in [-0.39, 0.29) is 5.75 Å². The first-order valence-electron chi connectivity index (χ1n) is 14.2. The third kappa shape index (κ3) is 9.62. The van der Waals surface area contributed by atoms with E-state index >= 15 is 0 Å². The smallest absolute Gasteiger partial charge is 0.293 e. The monoisotopic (exact) mass is 655 g/mol. The highest BCUT2D eigenvalue weighted by atomic mass is 35.5. The van der Waals surface area contributed by atoms with Crippen molar-refractivity contribution in [1.82, 2.24) is 3.97 Å². The van der Waals surface area contributed by atoms with Gasteiger partial charge in [0.15, 0.2) is 0 Å². The number of carbonyl (C=O) groups is 1. The highest BCUT2D eigenvalue weighted by Gasteiger charge is 2.28. The molecular weight excluding hydrogens is 617 g/mol. The molecule has 0 aliphatic carbocycles. The minimum absolute atomic E-state index is 0.101. The first kappa shape index (κ1) is 35.2. The fourth-order valence-electron chi connectivity index (χ4n) is 4.56. The van der Waals surface area contributed by atoms with Gasteiger partial charge in [0.1, 0.15) is 0 Å². The summed E-state index contributed by atoms with van der Waals surface area (Å²) in [5.74, 6) is -0.101. The summed E-state index contributed by atoms with van der Waals surface area (Å²) in [6, 6.07) is 23.5. The number of allylic oxidation sites excluding steroid dienone is 3. The van der Waals surface area contributed by atoms with Gasteiger partial charge in [-0.1, -0.05) is 84.4 Å². The molecule has 1 unspecified atom stereocenters. The molecule has 1 heterocycles. The second-order valence-corrected chi connectivity index (χ2v) is 13.8. The molecule has 0 aliphatic heterocycles. The molecular formula is C34H39ClNO6PS. The predicted octanol–water partition coefficient (Wildman–Crippen LogP) is 7.19. The summed E-state index contributed by atoms with van der Waals surface area (Å²) in [6.07, 6.45) is 8.18. The fourth-order valence-corrected chi connectivity index (χ4v) is 8.25. The van der Waals surface area contributed by atoms with Crippen molar-refractivity contribution in [2.24, 2.45) is 0 Å². The van der Waals surface area contributed by atoms with Crippen LogP contribution < -0.4 is 10.6 Å². The minimum Gasteiger partial charge on any atom is -0.468 e. The van der Waals surface area contributed by atoms with Crippen LogP contribution in [-0.4, -0.2) is 38.3 Å². The van der Waals surface area contributed by atoms with Crippen LogP contribution in [0.25, 0.3) is 10.9 Å². The number of fused-ring (bicyclic) bond motifs is 1. The van der Waals surface area contributed by atoms with E-state index in [4.69, 9.17) is 20.9 Å². The summed E-state index contributed by atoms with van der Waals surface area (Å²) in [6.45, 7) is 7.42. The zero-order chi connectivity index (χ0) is 32.0. The number of benzene rings is 3. The normalized spacial score (nSPS) is 12.4. The molecule has 0 amide bonds. The van der Waals surface area contributed by atoms with Gasteiger partial charge in [0.2, 0.25) is 10.0 Å². The van der Waals surface area contributed by atoms with E-state index in [9.17, 15) is 13.2 Å². The maximum atomic E-state index is 13.5. The van der Waals surface area contributed by atoms with Gasteiger partial charge < -0.3 is 14.0 Å². The SMILES string of the molecule is C/C=C\C/C=C\CS(=O)(=O)n1c(C)c(P(OC)c2cccc(COCc3ccccc3)c2)c2cc(Cl)ccc21.CCOC=O. The van der Waals surface area contributed by atoms with Gasteiger partial charge in [0.25, 0.3) is 6.47 Å². The van der Waals surface area contributed by atoms with Gasteiger partial charge in [-0.2, -0.15) is 0 Å². The molecule has 1 atom stereocenters. The van der Waals surface area contributed by atoms with Crippen molar-refractivity contribution in [3.05, 3.63) is 119 Å². The maximum absolute atomic E-state index is 13.5. The molecule has 3 aromatic carbocycles. The van der Waals surface area contributed by atoms with E-state index in [1.165, 1.54) is 3.97 Å². The lowest BCUT2D eigenvalue weighted by molar-refractivity contribution is -0.128. The first-order chi connectivity index (χ1) is 21.3.